The molecule has 1 aliphatic rings. The minimum Gasteiger partial charge on any atom is -0.324 e. The first kappa shape index (κ1) is 18.4. The highest BCUT2D eigenvalue weighted by Gasteiger charge is 2.40. The summed E-state index contributed by atoms with van der Waals surface area (Å²) in [6.45, 7) is 0. The Hall–Kier alpha value is -3.01. The molecule has 2 N–H and O–H groups in total. The number of thiazole rings is 1. The normalized spacial score (nSPS) is 14.0. The summed E-state index contributed by atoms with van der Waals surface area (Å²) < 4.78 is 37.6. The van der Waals surface area contributed by atoms with Crippen molar-refractivity contribution in [2.75, 3.05) is 10.6 Å². The Balaban J connectivity index is 1.63. The molecule has 1 saturated carbocycles. The van der Waals surface area contributed by atoms with Gasteiger partial charge in [-0.25, -0.2) is 15.0 Å². The average Bonchev–Trinajstić information content (AvgIpc) is 3.42. The molecule has 6 nitrogen and oxygen atoms in total. The maximum Gasteiger partial charge on any atom is 0.471 e. The number of amides is 1. The number of alkyl halides is 3. The molecule has 1 aliphatic carbocycles. The first-order chi connectivity index (χ1) is 13.4. The molecule has 0 unspecified atom stereocenters. The number of para-hydroxylation sites is 1. The topological polar surface area (TPSA) is 79.8 Å². The molecule has 2 aromatic heterocycles. The van der Waals surface area contributed by atoms with E-state index < -0.39 is 12.1 Å². The molecule has 0 spiro atoms. The van der Waals surface area contributed by atoms with E-state index in [2.05, 4.69) is 20.3 Å². The van der Waals surface area contributed by atoms with E-state index in [1.165, 1.54) is 0 Å². The summed E-state index contributed by atoms with van der Waals surface area (Å²) in [5.74, 6) is -1.51. The lowest BCUT2D eigenvalue weighted by molar-refractivity contribution is -0.167. The predicted octanol–water partition coefficient (Wildman–Crippen LogP) is 4.72. The van der Waals surface area contributed by atoms with Gasteiger partial charge in [0, 0.05) is 17.8 Å². The van der Waals surface area contributed by atoms with Gasteiger partial charge in [0.2, 0.25) is 5.95 Å². The summed E-state index contributed by atoms with van der Waals surface area (Å²) in [4.78, 5) is 24.7. The van der Waals surface area contributed by atoms with Gasteiger partial charge < -0.3 is 5.32 Å². The third kappa shape index (κ3) is 4.11. The molecule has 4 rings (SSSR count). The Labute approximate surface area is 161 Å². The van der Waals surface area contributed by atoms with Crippen LogP contribution < -0.4 is 10.6 Å². The average molecular weight is 405 g/mol. The number of carbonyl (C=O) groups excluding carboxylic acids is 1. The van der Waals surface area contributed by atoms with E-state index in [0.717, 1.165) is 29.9 Å². The van der Waals surface area contributed by atoms with Crippen LogP contribution in [0.2, 0.25) is 0 Å². The van der Waals surface area contributed by atoms with Gasteiger partial charge in [-0.05, 0) is 31.0 Å². The van der Waals surface area contributed by atoms with Crippen LogP contribution in [-0.4, -0.2) is 27.0 Å². The molecule has 1 fully saturated rings. The number of carbonyl (C=O) groups is 1. The second-order valence-corrected chi connectivity index (χ2v) is 7.22. The largest absolute Gasteiger partial charge is 0.471 e. The fourth-order valence-corrected chi connectivity index (χ4v) is 3.58. The molecule has 2 heterocycles. The standard InChI is InChI=1S/C18H14F3N5OS/c19-18(20,21)15(27)26-17-25-13(10-6-7-10)14(28-17)12-8-9-22-16(24-12)23-11-4-2-1-3-5-11/h1-5,8-10H,6-7H2,(H,22,23,24)(H,25,26,27). The highest BCUT2D eigenvalue weighted by molar-refractivity contribution is 7.19. The number of rotatable bonds is 5. The minimum atomic E-state index is -4.97. The monoisotopic (exact) mass is 405 g/mol. The Bertz CT molecular complexity index is 1000. The van der Waals surface area contributed by atoms with Crippen LogP contribution in [0.5, 0.6) is 0 Å². The zero-order valence-electron chi connectivity index (χ0n) is 14.3. The lowest BCUT2D eigenvalue weighted by atomic mass is 10.2. The molecule has 3 aromatic rings. The van der Waals surface area contributed by atoms with Crippen LogP contribution in [0.15, 0.2) is 42.6 Å². The number of anilines is 3. The minimum absolute atomic E-state index is 0.0876. The Kier molecular flexibility index (Phi) is 4.71. The molecule has 144 valence electrons. The van der Waals surface area contributed by atoms with Crippen molar-refractivity contribution >= 4 is 34.0 Å². The Morgan fingerprint density at radius 2 is 1.86 bits per heavy atom. The fraction of sp³-hybridized carbons (Fsp3) is 0.222. The second-order valence-electron chi connectivity index (χ2n) is 6.22. The van der Waals surface area contributed by atoms with Crippen LogP contribution in [0.25, 0.3) is 10.6 Å². The second kappa shape index (κ2) is 7.19. The molecule has 0 radical (unpaired) electrons. The molecule has 0 aliphatic heterocycles. The Morgan fingerprint density at radius 3 is 2.54 bits per heavy atom. The van der Waals surface area contributed by atoms with Crippen LogP contribution >= 0.6 is 11.3 Å². The van der Waals surface area contributed by atoms with Crippen molar-refractivity contribution in [3.8, 4) is 10.6 Å². The van der Waals surface area contributed by atoms with E-state index in [9.17, 15) is 18.0 Å². The summed E-state index contributed by atoms with van der Waals surface area (Å²) in [5.41, 5.74) is 2.01. The number of nitrogens with zero attached hydrogens (tertiary/aromatic N) is 3. The predicted molar refractivity (Wildman–Crippen MR) is 99.5 cm³/mol. The van der Waals surface area contributed by atoms with Crippen LogP contribution in [0, 0.1) is 0 Å². The van der Waals surface area contributed by atoms with Gasteiger partial charge >= 0.3 is 12.1 Å². The van der Waals surface area contributed by atoms with Gasteiger partial charge in [-0.2, -0.15) is 13.2 Å². The van der Waals surface area contributed by atoms with Gasteiger partial charge in [0.1, 0.15) is 0 Å². The summed E-state index contributed by atoms with van der Waals surface area (Å²) in [6, 6.07) is 11.0. The van der Waals surface area contributed by atoms with E-state index in [-0.39, 0.29) is 11.0 Å². The first-order valence-corrected chi connectivity index (χ1v) is 9.26. The molecule has 1 aromatic carbocycles. The SMILES string of the molecule is O=C(Nc1nc(C2CC2)c(-c2ccnc(Nc3ccccc3)n2)s1)C(F)(F)F. The number of nitrogens with one attached hydrogen (secondary N) is 2. The molecule has 1 amide bonds. The number of aromatic nitrogens is 3. The zero-order chi connectivity index (χ0) is 19.7. The molecular weight excluding hydrogens is 391 g/mol. The number of benzene rings is 1. The molecule has 0 atom stereocenters. The van der Waals surface area contributed by atoms with Crippen molar-refractivity contribution in [1.29, 1.82) is 0 Å². The van der Waals surface area contributed by atoms with Crippen molar-refractivity contribution in [1.82, 2.24) is 15.0 Å². The summed E-state index contributed by atoms with van der Waals surface area (Å²) in [6.07, 6.45) is -1.58. The maximum absolute atomic E-state index is 12.5. The zero-order valence-corrected chi connectivity index (χ0v) is 15.1. The maximum atomic E-state index is 12.5. The lowest BCUT2D eigenvalue weighted by Gasteiger charge is -2.06. The molecule has 0 bridgehead atoms. The lowest BCUT2D eigenvalue weighted by Crippen LogP contribution is -2.29. The van der Waals surface area contributed by atoms with Crippen molar-refractivity contribution < 1.29 is 18.0 Å². The van der Waals surface area contributed by atoms with Gasteiger partial charge in [0.15, 0.2) is 5.13 Å². The van der Waals surface area contributed by atoms with Crippen molar-refractivity contribution in [3.63, 3.8) is 0 Å². The van der Waals surface area contributed by atoms with E-state index >= 15 is 0 Å². The van der Waals surface area contributed by atoms with Gasteiger partial charge in [-0.3, -0.25) is 10.1 Å². The van der Waals surface area contributed by atoms with E-state index in [0.29, 0.717) is 22.2 Å². The van der Waals surface area contributed by atoms with E-state index in [1.54, 1.807) is 12.3 Å². The third-order valence-electron chi connectivity index (χ3n) is 4.01. The quantitative estimate of drug-likeness (QED) is 0.642. The van der Waals surface area contributed by atoms with E-state index in [4.69, 9.17) is 0 Å². The molecular formula is C18H14F3N5OS. The number of halogens is 3. The highest BCUT2D eigenvalue weighted by Crippen LogP contribution is 2.47. The number of hydrogen-bond acceptors (Lipinski definition) is 6. The number of hydrogen-bond donors (Lipinski definition) is 2. The highest BCUT2D eigenvalue weighted by atomic mass is 32.1. The van der Waals surface area contributed by atoms with E-state index in [1.807, 2.05) is 35.6 Å². The van der Waals surface area contributed by atoms with Crippen LogP contribution in [0.3, 0.4) is 0 Å². The summed E-state index contributed by atoms with van der Waals surface area (Å²) in [5, 5.41) is 4.83. The van der Waals surface area contributed by atoms with Gasteiger partial charge in [0.25, 0.3) is 0 Å². The fourth-order valence-electron chi connectivity index (χ4n) is 2.57. The Morgan fingerprint density at radius 1 is 1.11 bits per heavy atom. The molecule has 0 saturated heterocycles. The molecule has 10 heteroatoms. The van der Waals surface area contributed by atoms with Crippen molar-refractivity contribution in [2.45, 2.75) is 24.9 Å². The van der Waals surface area contributed by atoms with Gasteiger partial charge in [-0.1, -0.05) is 29.5 Å². The first-order valence-electron chi connectivity index (χ1n) is 8.44. The van der Waals surface area contributed by atoms with Crippen LogP contribution in [-0.2, 0) is 4.79 Å². The van der Waals surface area contributed by atoms with Crippen molar-refractivity contribution in [2.24, 2.45) is 0 Å². The summed E-state index contributed by atoms with van der Waals surface area (Å²) >= 11 is 0.979. The van der Waals surface area contributed by atoms with Gasteiger partial charge in [0.05, 0.1) is 16.3 Å². The third-order valence-corrected chi connectivity index (χ3v) is 5.02. The smallest absolute Gasteiger partial charge is 0.324 e. The molecule has 28 heavy (non-hydrogen) atoms. The van der Waals surface area contributed by atoms with Crippen molar-refractivity contribution in [3.05, 3.63) is 48.3 Å². The summed E-state index contributed by atoms with van der Waals surface area (Å²) in [7, 11) is 0. The van der Waals surface area contributed by atoms with Gasteiger partial charge in [-0.15, -0.1) is 0 Å². The van der Waals surface area contributed by atoms with Crippen LogP contribution in [0.4, 0.5) is 29.9 Å². The van der Waals surface area contributed by atoms with Crippen LogP contribution in [0.1, 0.15) is 24.5 Å².